The highest BCUT2D eigenvalue weighted by Gasteiger charge is 2.26. The summed E-state index contributed by atoms with van der Waals surface area (Å²) in [7, 11) is 0. The standard InChI is InChI=1S/C15H21ClN2O.ClH/c16-14-7-2-1-5-12(14)11-15(19)18-10-4-3-6-13(18)8-9-17;/h1-2,5,7,13H,3-4,6,8-11,17H2;1H. The first-order valence-corrected chi connectivity index (χ1v) is 7.33. The van der Waals surface area contributed by atoms with E-state index in [2.05, 4.69) is 0 Å². The second kappa shape index (κ2) is 8.50. The van der Waals surface area contributed by atoms with E-state index in [0.29, 0.717) is 24.0 Å². The average molecular weight is 317 g/mol. The summed E-state index contributed by atoms with van der Waals surface area (Å²) in [5, 5.41) is 0.670. The molecule has 1 aliphatic rings. The van der Waals surface area contributed by atoms with Gasteiger partial charge in [-0.3, -0.25) is 4.79 Å². The molecule has 112 valence electrons. The van der Waals surface area contributed by atoms with Crippen molar-refractivity contribution in [2.75, 3.05) is 13.1 Å². The van der Waals surface area contributed by atoms with Crippen molar-refractivity contribution >= 4 is 29.9 Å². The van der Waals surface area contributed by atoms with Gasteiger partial charge >= 0.3 is 0 Å². The molecule has 1 heterocycles. The lowest BCUT2D eigenvalue weighted by Crippen LogP contribution is -2.45. The molecule has 0 spiro atoms. The molecule has 1 fully saturated rings. The summed E-state index contributed by atoms with van der Waals surface area (Å²) in [5.74, 6) is 0.172. The van der Waals surface area contributed by atoms with Gasteiger partial charge in [0.25, 0.3) is 0 Å². The van der Waals surface area contributed by atoms with Crippen molar-refractivity contribution in [1.29, 1.82) is 0 Å². The zero-order valence-electron chi connectivity index (χ0n) is 11.6. The van der Waals surface area contributed by atoms with E-state index in [1.165, 1.54) is 6.42 Å². The molecule has 0 saturated carbocycles. The highest BCUT2D eigenvalue weighted by atomic mass is 35.5. The highest BCUT2D eigenvalue weighted by molar-refractivity contribution is 6.31. The molecule has 0 aliphatic carbocycles. The molecule has 1 aliphatic heterocycles. The van der Waals surface area contributed by atoms with E-state index >= 15 is 0 Å². The van der Waals surface area contributed by atoms with E-state index < -0.39 is 0 Å². The van der Waals surface area contributed by atoms with Crippen molar-refractivity contribution in [2.24, 2.45) is 5.73 Å². The van der Waals surface area contributed by atoms with Crippen LogP contribution >= 0.6 is 24.0 Å². The Labute approximate surface area is 131 Å². The minimum Gasteiger partial charge on any atom is -0.339 e. The first-order valence-electron chi connectivity index (χ1n) is 6.95. The van der Waals surface area contributed by atoms with Gasteiger partial charge in [-0.2, -0.15) is 0 Å². The number of likely N-dealkylation sites (tertiary alicyclic amines) is 1. The molecule has 3 nitrogen and oxygen atoms in total. The maximum atomic E-state index is 12.4. The van der Waals surface area contributed by atoms with Crippen LogP contribution in [-0.2, 0) is 11.2 Å². The Balaban J connectivity index is 0.00000200. The number of piperidine rings is 1. The number of hydrogen-bond acceptors (Lipinski definition) is 2. The highest BCUT2D eigenvalue weighted by Crippen LogP contribution is 2.22. The minimum atomic E-state index is 0. The Hall–Kier alpha value is -0.770. The third-order valence-corrected chi connectivity index (χ3v) is 4.12. The third kappa shape index (κ3) is 4.37. The summed E-state index contributed by atoms with van der Waals surface area (Å²) < 4.78 is 0. The van der Waals surface area contributed by atoms with Crippen molar-refractivity contribution in [1.82, 2.24) is 4.90 Å². The van der Waals surface area contributed by atoms with Crippen molar-refractivity contribution in [3.8, 4) is 0 Å². The fourth-order valence-electron chi connectivity index (χ4n) is 2.73. The van der Waals surface area contributed by atoms with Gasteiger partial charge in [-0.05, 0) is 43.9 Å². The summed E-state index contributed by atoms with van der Waals surface area (Å²) in [4.78, 5) is 14.4. The fourth-order valence-corrected chi connectivity index (χ4v) is 2.93. The first-order chi connectivity index (χ1) is 9.22. The Morgan fingerprint density at radius 3 is 2.80 bits per heavy atom. The van der Waals surface area contributed by atoms with Crippen LogP contribution in [0.2, 0.25) is 5.02 Å². The maximum absolute atomic E-state index is 12.4. The number of benzene rings is 1. The second-order valence-corrected chi connectivity index (χ2v) is 5.49. The Morgan fingerprint density at radius 2 is 2.10 bits per heavy atom. The summed E-state index contributed by atoms with van der Waals surface area (Å²) in [5.41, 5.74) is 6.55. The fraction of sp³-hybridized carbons (Fsp3) is 0.533. The van der Waals surface area contributed by atoms with Crippen LogP contribution in [0.4, 0.5) is 0 Å². The molecule has 5 heteroatoms. The molecule has 0 bridgehead atoms. The molecule has 20 heavy (non-hydrogen) atoms. The van der Waals surface area contributed by atoms with Gasteiger partial charge in [-0.15, -0.1) is 12.4 Å². The average Bonchev–Trinajstić information content (AvgIpc) is 2.42. The number of hydrogen-bond donors (Lipinski definition) is 1. The maximum Gasteiger partial charge on any atom is 0.227 e. The molecule has 1 unspecified atom stereocenters. The number of carbonyl (C=O) groups is 1. The molecule has 1 amide bonds. The van der Waals surface area contributed by atoms with Crippen LogP contribution < -0.4 is 5.73 Å². The number of rotatable bonds is 4. The van der Waals surface area contributed by atoms with Crippen LogP contribution in [0.15, 0.2) is 24.3 Å². The van der Waals surface area contributed by atoms with Crippen molar-refractivity contribution in [3.05, 3.63) is 34.9 Å². The number of halogens is 2. The number of nitrogens with zero attached hydrogens (tertiary/aromatic N) is 1. The molecule has 2 rings (SSSR count). The molecule has 1 saturated heterocycles. The minimum absolute atomic E-state index is 0. The first kappa shape index (κ1) is 17.3. The molecule has 2 N–H and O–H groups in total. The molecule has 1 aromatic carbocycles. The van der Waals surface area contributed by atoms with Gasteiger partial charge in [0, 0.05) is 17.6 Å². The van der Waals surface area contributed by atoms with Gasteiger partial charge in [0.1, 0.15) is 0 Å². The lowest BCUT2D eigenvalue weighted by Gasteiger charge is -2.36. The molecule has 1 atom stereocenters. The zero-order valence-corrected chi connectivity index (χ0v) is 13.1. The van der Waals surface area contributed by atoms with Crippen molar-refractivity contribution in [2.45, 2.75) is 38.1 Å². The molecule has 0 aromatic heterocycles. The Kier molecular flexibility index (Phi) is 7.35. The Morgan fingerprint density at radius 1 is 1.35 bits per heavy atom. The van der Waals surface area contributed by atoms with Gasteiger partial charge in [0.2, 0.25) is 5.91 Å². The van der Waals surface area contributed by atoms with Gasteiger partial charge in [-0.1, -0.05) is 29.8 Å². The number of nitrogens with two attached hydrogens (primary N) is 1. The zero-order chi connectivity index (χ0) is 13.7. The van der Waals surface area contributed by atoms with Gasteiger partial charge in [0.05, 0.1) is 6.42 Å². The lowest BCUT2D eigenvalue weighted by molar-refractivity contribution is -0.134. The quantitative estimate of drug-likeness (QED) is 0.928. The van der Waals surface area contributed by atoms with Crippen LogP contribution in [0, 0.1) is 0 Å². The number of amides is 1. The summed E-state index contributed by atoms with van der Waals surface area (Å²) in [6.45, 7) is 1.49. The molecular formula is C15H22Cl2N2O. The predicted molar refractivity (Wildman–Crippen MR) is 85.4 cm³/mol. The number of carbonyl (C=O) groups excluding carboxylic acids is 1. The van der Waals surface area contributed by atoms with Crippen molar-refractivity contribution in [3.63, 3.8) is 0 Å². The van der Waals surface area contributed by atoms with Crippen LogP contribution in [0.1, 0.15) is 31.2 Å². The van der Waals surface area contributed by atoms with E-state index in [1.807, 2.05) is 29.2 Å². The molecular weight excluding hydrogens is 295 g/mol. The van der Waals surface area contributed by atoms with Crippen LogP contribution in [-0.4, -0.2) is 29.9 Å². The van der Waals surface area contributed by atoms with E-state index in [4.69, 9.17) is 17.3 Å². The summed E-state index contributed by atoms with van der Waals surface area (Å²) in [6, 6.07) is 7.87. The van der Waals surface area contributed by atoms with E-state index in [9.17, 15) is 4.79 Å². The van der Waals surface area contributed by atoms with E-state index in [-0.39, 0.29) is 18.3 Å². The van der Waals surface area contributed by atoms with Gasteiger partial charge in [-0.25, -0.2) is 0 Å². The Bertz CT molecular complexity index is 438. The molecule has 0 radical (unpaired) electrons. The van der Waals surface area contributed by atoms with Crippen molar-refractivity contribution < 1.29 is 4.79 Å². The lowest BCUT2D eigenvalue weighted by atomic mass is 9.98. The predicted octanol–water partition coefficient (Wildman–Crippen LogP) is 3.03. The van der Waals surface area contributed by atoms with Gasteiger partial charge < -0.3 is 10.6 Å². The van der Waals surface area contributed by atoms with E-state index in [0.717, 1.165) is 31.4 Å². The van der Waals surface area contributed by atoms with Crippen LogP contribution in [0.5, 0.6) is 0 Å². The molecule has 1 aromatic rings. The largest absolute Gasteiger partial charge is 0.339 e. The normalized spacial score (nSPS) is 18.5. The topological polar surface area (TPSA) is 46.3 Å². The van der Waals surface area contributed by atoms with Crippen LogP contribution in [0.25, 0.3) is 0 Å². The summed E-state index contributed by atoms with van der Waals surface area (Å²) >= 11 is 6.11. The SMILES string of the molecule is Cl.NCCC1CCCCN1C(=O)Cc1ccccc1Cl. The summed E-state index contributed by atoms with van der Waals surface area (Å²) in [6.07, 6.45) is 4.65. The third-order valence-electron chi connectivity index (χ3n) is 3.75. The van der Waals surface area contributed by atoms with Crippen LogP contribution in [0.3, 0.4) is 0 Å². The second-order valence-electron chi connectivity index (χ2n) is 5.08. The smallest absolute Gasteiger partial charge is 0.227 e. The van der Waals surface area contributed by atoms with E-state index in [1.54, 1.807) is 0 Å². The monoisotopic (exact) mass is 316 g/mol. The van der Waals surface area contributed by atoms with Gasteiger partial charge in [0.15, 0.2) is 0 Å².